The van der Waals surface area contributed by atoms with Crippen molar-refractivity contribution in [3.05, 3.63) is 94.3 Å². The first-order valence-electron chi connectivity index (χ1n) is 12.1. The maximum absolute atomic E-state index is 13.7. The number of benzene rings is 3. The van der Waals surface area contributed by atoms with Gasteiger partial charge in [0.05, 0.1) is 22.6 Å². The molecule has 1 fully saturated rings. The second kappa shape index (κ2) is 11.7. The molecule has 0 aliphatic carbocycles. The third-order valence-electron chi connectivity index (χ3n) is 6.68. The Hall–Kier alpha value is -3.83. The van der Waals surface area contributed by atoms with Crippen LogP contribution in [0.25, 0.3) is 0 Å². The van der Waals surface area contributed by atoms with Crippen LogP contribution in [0.3, 0.4) is 0 Å². The Balaban J connectivity index is 1.51. The zero-order chi connectivity index (χ0) is 27.3. The first-order chi connectivity index (χ1) is 18.2. The van der Waals surface area contributed by atoms with E-state index in [1.54, 1.807) is 24.3 Å². The number of nitro groups is 1. The number of ether oxygens (including phenoxy) is 1. The number of anilines is 1. The number of halogens is 1. The lowest BCUT2D eigenvalue weighted by atomic mass is 9.89. The van der Waals surface area contributed by atoms with E-state index in [0.29, 0.717) is 49.5 Å². The van der Waals surface area contributed by atoms with Gasteiger partial charge >= 0.3 is 0 Å². The fraction of sp³-hybridized carbons (Fsp3) is 0.296. The van der Waals surface area contributed by atoms with Crippen molar-refractivity contribution in [3.8, 4) is 5.75 Å². The summed E-state index contributed by atoms with van der Waals surface area (Å²) in [6, 6.07) is 17.2. The van der Waals surface area contributed by atoms with E-state index >= 15 is 0 Å². The number of rotatable bonds is 10. The number of carbonyl (C=O) groups excluding carboxylic acids is 1. The van der Waals surface area contributed by atoms with Gasteiger partial charge in [0.15, 0.2) is 5.78 Å². The van der Waals surface area contributed by atoms with E-state index in [9.17, 15) is 27.7 Å². The number of likely N-dealkylation sites (tertiary alicyclic amines) is 1. The number of hydrogen-bond donors (Lipinski definition) is 0. The van der Waals surface area contributed by atoms with Gasteiger partial charge in [0, 0.05) is 36.7 Å². The molecule has 0 amide bonds. The van der Waals surface area contributed by atoms with Gasteiger partial charge in [-0.15, -0.1) is 0 Å². The summed E-state index contributed by atoms with van der Waals surface area (Å²) in [7, 11) is -2.73. The van der Waals surface area contributed by atoms with Gasteiger partial charge in [-0.25, -0.2) is 12.8 Å². The largest absolute Gasteiger partial charge is 0.495 e. The van der Waals surface area contributed by atoms with Gasteiger partial charge in [0.2, 0.25) is 0 Å². The van der Waals surface area contributed by atoms with Crippen molar-refractivity contribution in [3.63, 3.8) is 0 Å². The van der Waals surface area contributed by atoms with Crippen LogP contribution in [0.2, 0.25) is 0 Å². The minimum atomic E-state index is -4.17. The number of para-hydroxylation sites is 2. The monoisotopic (exact) mass is 541 g/mol. The molecule has 0 saturated carbocycles. The van der Waals surface area contributed by atoms with Crippen LogP contribution < -0.4 is 9.04 Å². The van der Waals surface area contributed by atoms with Crippen molar-refractivity contribution >= 4 is 27.2 Å². The Bertz CT molecular complexity index is 1410. The molecular weight excluding hydrogens is 513 g/mol. The quantitative estimate of drug-likeness (QED) is 0.211. The normalized spacial score (nSPS) is 14.7. The highest BCUT2D eigenvalue weighted by Crippen LogP contribution is 2.33. The summed E-state index contributed by atoms with van der Waals surface area (Å²) < 4.78 is 47.3. The molecule has 0 spiro atoms. The van der Waals surface area contributed by atoms with E-state index in [-0.39, 0.29) is 28.8 Å². The summed E-state index contributed by atoms with van der Waals surface area (Å²) >= 11 is 0. The van der Waals surface area contributed by atoms with Gasteiger partial charge in [0.1, 0.15) is 11.6 Å². The number of sulfonamides is 1. The van der Waals surface area contributed by atoms with E-state index < -0.39 is 20.8 Å². The molecule has 1 aliphatic rings. The number of non-ortho nitro benzene ring substituents is 1. The summed E-state index contributed by atoms with van der Waals surface area (Å²) in [5, 5.41) is 11.3. The highest BCUT2D eigenvalue weighted by molar-refractivity contribution is 7.92. The molecule has 200 valence electrons. The van der Waals surface area contributed by atoms with Crippen LogP contribution in [0.5, 0.6) is 5.75 Å². The standard InChI is InChI=1S/C27H28FN3O6S/c1-37-26-8-3-2-7-25(26)30(38(35,36)24-6-4-5-23(19-24)31(33)34)18-17-29-15-13-21(14-16-29)27(32)20-9-11-22(28)12-10-20/h2-12,19,21H,13-18H2,1H3. The topological polar surface area (TPSA) is 110 Å². The molecule has 3 aromatic carbocycles. The molecule has 11 heteroatoms. The number of nitro benzene ring substituents is 1. The smallest absolute Gasteiger partial charge is 0.270 e. The Morgan fingerprint density at radius 2 is 1.76 bits per heavy atom. The molecule has 0 unspecified atom stereocenters. The summed E-state index contributed by atoms with van der Waals surface area (Å²) in [6.07, 6.45) is 1.20. The number of hydrogen-bond acceptors (Lipinski definition) is 7. The van der Waals surface area contributed by atoms with Crippen LogP contribution in [0.1, 0.15) is 23.2 Å². The number of nitrogens with zero attached hydrogens (tertiary/aromatic N) is 3. The van der Waals surface area contributed by atoms with Crippen molar-refractivity contribution < 1.29 is 27.3 Å². The van der Waals surface area contributed by atoms with Crippen LogP contribution in [-0.2, 0) is 10.0 Å². The van der Waals surface area contributed by atoms with Crippen molar-refractivity contribution in [2.75, 3.05) is 37.6 Å². The maximum atomic E-state index is 13.7. The molecule has 3 aromatic rings. The van der Waals surface area contributed by atoms with Crippen molar-refractivity contribution in [1.82, 2.24) is 4.90 Å². The molecule has 0 radical (unpaired) electrons. The Labute approximate surface area is 220 Å². The number of piperidine rings is 1. The molecule has 9 nitrogen and oxygen atoms in total. The van der Waals surface area contributed by atoms with Gasteiger partial charge in [-0.05, 0) is 68.4 Å². The van der Waals surface area contributed by atoms with Crippen molar-refractivity contribution in [2.24, 2.45) is 5.92 Å². The summed E-state index contributed by atoms with van der Waals surface area (Å²) in [5.41, 5.74) is 0.483. The molecule has 1 heterocycles. The molecule has 4 rings (SSSR count). The summed E-state index contributed by atoms with van der Waals surface area (Å²) in [4.78, 5) is 25.3. The summed E-state index contributed by atoms with van der Waals surface area (Å²) in [5.74, 6) is -0.245. The van der Waals surface area contributed by atoms with Gasteiger partial charge in [0.25, 0.3) is 15.7 Å². The van der Waals surface area contributed by atoms with E-state index in [4.69, 9.17) is 4.74 Å². The minimum Gasteiger partial charge on any atom is -0.495 e. The number of ketones is 1. The van der Waals surface area contributed by atoms with Crippen LogP contribution >= 0.6 is 0 Å². The number of carbonyl (C=O) groups is 1. The van der Waals surface area contributed by atoms with Gasteiger partial charge in [-0.2, -0.15) is 0 Å². The average molecular weight is 542 g/mol. The van der Waals surface area contributed by atoms with Crippen LogP contribution in [0.15, 0.2) is 77.7 Å². The van der Waals surface area contributed by atoms with E-state index in [0.717, 1.165) is 6.07 Å². The molecule has 1 saturated heterocycles. The van der Waals surface area contributed by atoms with E-state index in [2.05, 4.69) is 4.90 Å². The van der Waals surface area contributed by atoms with E-state index in [1.165, 1.54) is 53.9 Å². The highest BCUT2D eigenvalue weighted by atomic mass is 32.2. The molecule has 0 atom stereocenters. The molecule has 0 bridgehead atoms. The SMILES string of the molecule is COc1ccccc1N(CCN1CCC(C(=O)c2ccc(F)cc2)CC1)S(=O)(=O)c1cccc([N+](=O)[O-])c1. The lowest BCUT2D eigenvalue weighted by Gasteiger charge is -2.33. The molecule has 0 aromatic heterocycles. The zero-order valence-electron chi connectivity index (χ0n) is 20.8. The van der Waals surface area contributed by atoms with Gasteiger partial charge in [-0.1, -0.05) is 18.2 Å². The van der Waals surface area contributed by atoms with Crippen LogP contribution in [0, 0.1) is 21.8 Å². The fourth-order valence-corrected chi connectivity index (χ4v) is 6.10. The third-order valence-corrected chi connectivity index (χ3v) is 8.49. The Morgan fingerprint density at radius 1 is 1.08 bits per heavy atom. The Morgan fingerprint density at radius 3 is 2.42 bits per heavy atom. The Kier molecular flexibility index (Phi) is 8.38. The number of methoxy groups -OCH3 is 1. The van der Waals surface area contributed by atoms with Crippen molar-refractivity contribution in [1.29, 1.82) is 0 Å². The highest BCUT2D eigenvalue weighted by Gasteiger charge is 2.31. The first-order valence-corrected chi connectivity index (χ1v) is 13.6. The van der Waals surface area contributed by atoms with E-state index in [1.807, 2.05) is 0 Å². The van der Waals surface area contributed by atoms with Crippen molar-refractivity contribution in [2.45, 2.75) is 17.7 Å². The predicted octanol–water partition coefficient (Wildman–Crippen LogP) is 4.53. The lowest BCUT2D eigenvalue weighted by Crippen LogP contribution is -2.43. The molecule has 1 aliphatic heterocycles. The molecule has 38 heavy (non-hydrogen) atoms. The van der Waals surface area contributed by atoms with Crippen LogP contribution in [-0.4, -0.2) is 57.3 Å². The first kappa shape index (κ1) is 27.2. The predicted molar refractivity (Wildman–Crippen MR) is 141 cm³/mol. The minimum absolute atomic E-state index is 0.0199. The zero-order valence-corrected chi connectivity index (χ0v) is 21.6. The van der Waals surface area contributed by atoms with Gasteiger partial charge in [-0.3, -0.25) is 19.2 Å². The third kappa shape index (κ3) is 6.00. The molecular formula is C27H28FN3O6S. The second-order valence-electron chi connectivity index (χ2n) is 8.99. The number of Topliss-reactive ketones (excluding diaryl/α,β-unsaturated/α-hetero) is 1. The maximum Gasteiger partial charge on any atom is 0.270 e. The molecule has 0 N–H and O–H groups in total. The lowest BCUT2D eigenvalue weighted by molar-refractivity contribution is -0.385. The summed E-state index contributed by atoms with van der Waals surface area (Å²) in [6.45, 7) is 1.63. The fourth-order valence-electron chi connectivity index (χ4n) is 4.59. The van der Waals surface area contributed by atoms with Gasteiger partial charge < -0.3 is 9.64 Å². The van der Waals surface area contributed by atoms with Crippen LogP contribution in [0.4, 0.5) is 15.8 Å². The average Bonchev–Trinajstić information content (AvgIpc) is 2.93. The second-order valence-corrected chi connectivity index (χ2v) is 10.9.